The number of rotatable bonds is 12. The number of nitrogens with zero attached hydrogens (tertiary/aromatic N) is 1. The maximum atomic E-state index is 11.6. The quantitative estimate of drug-likeness (QED) is 0.250. The van der Waals surface area contributed by atoms with Crippen LogP contribution in [0.5, 0.6) is 17.4 Å². The number of benzene rings is 2. The molecule has 0 saturated carbocycles. The van der Waals surface area contributed by atoms with Crippen molar-refractivity contribution in [2.75, 3.05) is 19.8 Å². The van der Waals surface area contributed by atoms with Gasteiger partial charge in [-0.3, -0.25) is 4.79 Å². The van der Waals surface area contributed by atoms with E-state index in [-0.39, 0.29) is 11.8 Å². The highest BCUT2D eigenvalue weighted by molar-refractivity contribution is 7.15. The molecule has 3 aromatic rings. The van der Waals surface area contributed by atoms with Gasteiger partial charge in [0.1, 0.15) is 16.5 Å². The van der Waals surface area contributed by atoms with Gasteiger partial charge in [0.05, 0.1) is 30.6 Å². The predicted octanol–water partition coefficient (Wildman–Crippen LogP) is 7.08. The summed E-state index contributed by atoms with van der Waals surface area (Å²) in [6.07, 6.45) is 7.36. The summed E-state index contributed by atoms with van der Waals surface area (Å²) in [6, 6.07) is 12.5. The van der Waals surface area contributed by atoms with Crippen LogP contribution in [0.15, 0.2) is 36.4 Å². The zero-order valence-corrected chi connectivity index (χ0v) is 23.1. The Labute approximate surface area is 229 Å². The summed E-state index contributed by atoms with van der Waals surface area (Å²) in [5.74, 6) is 1.68. The van der Waals surface area contributed by atoms with Crippen LogP contribution in [0.3, 0.4) is 0 Å². The molecule has 1 unspecified atom stereocenters. The zero-order chi connectivity index (χ0) is 26.5. The second-order valence-electron chi connectivity index (χ2n) is 10.2. The summed E-state index contributed by atoms with van der Waals surface area (Å²) in [5, 5.41) is 10.6. The molecule has 6 nitrogen and oxygen atoms in total. The van der Waals surface area contributed by atoms with E-state index in [2.05, 4.69) is 37.3 Å². The third kappa shape index (κ3) is 5.83. The van der Waals surface area contributed by atoms with Crippen LogP contribution < -0.4 is 14.2 Å². The van der Waals surface area contributed by atoms with Crippen LogP contribution in [0.25, 0.3) is 10.6 Å². The van der Waals surface area contributed by atoms with Crippen LogP contribution in [0.1, 0.15) is 73.4 Å². The lowest BCUT2D eigenvalue weighted by Crippen LogP contribution is -2.19. The average Bonchev–Trinajstić information content (AvgIpc) is 3.54. The van der Waals surface area contributed by atoms with E-state index in [1.54, 1.807) is 11.3 Å². The normalized spacial score (nSPS) is 16.8. The molecule has 0 radical (unpaired) electrons. The molecule has 0 spiro atoms. The maximum absolute atomic E-state index is 11.6. The molecule has 0 amide bonds. The Kier molecular flexibility index (Phi) is 8.52. The fraction of sp³-hybridized carbons (Fsp3) is 0.484. The van der Waals surface area contributed by atoms with Crippen molar-refractivity contribution < 1.29 is 24.1 Å². The van der Waals surface area contributed by atoms with Crippen LogP contribution in [-0.4, -0.2) is 35.9 Å². The van der Waals surface area contributed by atoms with Crippen molar-refractivity contribution in [3.05, 3.63) is 58.0 Å². The highest BCUT2D eigenvalue weighted by atomic mass is 32.1. The Bertz CT molecular complexity index is 1250. The number of aliphatic carboxylic acids is 1. The largest absolute Gasteiger partial charge is 0.493 e. The van der Waals surface area contributed by atoms with Gasteiger partial charge in [-0.05, 0) is 91.5 Å². The van der Waals surface area contributed by atoms with Gasteiger partial charge in [-0.2, -0.15) is 0 Å². The molecule has 1 N–H and O–H groups in total. The summed E-state index contributed by atoms with van der Waals surface area (Å²) in [6.45, 7) is 6.05. The number of aryl methyl sites for hydroxylation is 3. The van der Waals surface area contributed by atoms with Crippen molar-refractivity contribution in [3.63, 3.8) is 0 Å². The van der Waals surface area contributed by atoms with Crippen LogP contribution in [0, 0.1) is 5.92 Å². The Morgan fingerprint density at radius 1 is 1.16 bits per heavy atom. The van der Waals surface area contributed by atoms with E-state index >= 15 is 0 Å². The Balaban J connectivity index is 1.14. The van der Waals surface area contributed by atoms with E-state index < -0.39 is 5.97 Å². The number of hydrogen-bond donors (Lipinski definition) is 1. The van der Waals surface area contributed by atoms with Gasteiger partial charge in [-0.1, -0.05) is 26.3 Å². The minimum absolute atomic E-state index is 0.105. The van der Waals surface area contributed by atoms with Crippen LogP contribution >= 0.6 is 11.3 Å². The van der Waals surface area contributed by atoms with Crippen molar-refractivity contribution in [1.29, 1.82) is 0 Å². The van der Waals surface area contributed by atoms with E-state index in [4.69, 9.17) is 19.2 Å². The Hall–Kier alpha value is -3.06. The van der Waals surface area contributed by atoms with Gasteiger partial charge in [-0.15, -0.1) is 11.3 Å². The van der Waals surface area contributed by atoms with E-state index in [1.807, 2.05) is 13.0 Å². The highest BCUT2D eigenvalue weighted by Gasteiger charge is 2.33. The summed E-state index contributed by atoms with van der Waals surface area (Å²) in [7, 11) is 0. The van der Waals surface area contributed by atoms with Crippen molar-refractivity contribution in [1.82, 2.24) is 4.98 Å². The molecule has 1 aliphatic heterocycles. The van der Waals surface area contributed by atoms with Crippen LogP contribution in [0.2, 0.25) is 0 Å². The van der Waals surface area contributed by atoms with Crippen molar-refractivity contribution in [2.45, 2.75) is 71.1 Å². The fourth-order valence-corrected chi connectivity index (χ4v) is 6.69. The first-order valence-corrected chi connectivity index (χ1v) is 14.8. The zero-order valence-electron chi connectivity index (χ0n) is 22.3. The molecule has 0 bridgehead atoms. The van der Waals surface area contributed by atoms with Gasteiger partial charge in [-0.25, -0.2) is 4.98 Å². The summed E-state index contributed by atoms with van der Waals surface area (Å²) < 4.78 is 17.9. The summed E-state index contributed by atoms with van der Waals surface area (Å²) in [5.41, 5.74) is 4.73. The second-order valence-corrected chi connectivity index (χ2v) is 11.3. The van der Waals surface area contributed by atoms with Gasteiger partial charge in [0.15, 0.2) is 0 Å². The number of fused-ring (bicyclic) bond motifs is 2. The number of carbonyl (C=O) groups is 1. The van der Waals surface area contributed by atoms with E-state index in [0.29, 0.717) is 19.6 Å². The lowest BCUT2D eigenvalue weighted by Gasteiger charge is -2.19. The minimum Gasteiger partial charge on any atom is -0.493 e. The van der Waals surface area contributed by atoms with E-state index in [9.17, 15) is 9.90 Å². The SMILES string of the molecule is CCCc1cc(-c2nc3c(s2)CCCO3)ccc1OCCCOc1ccc2c(c1)CC[C@H]2C(CC)C(=O)O. The molecule has 2 atom stereocenters. The van der Waals surface area contributed by atoms with Gasteiger partial charge in [0.2, 0.25) is 5.88 Å². The molecule has 2 aliphatic rings. The number of thiazole rings is 1. The molecule has 7 heteroatoms. The van der Waals surface area contributed by atoms with Crippen molar-refractivity contribution >= 4 is 17.3 Å². The minimum atomic E-state index is -0.695. The molecule has 0 fully saturated rings. The molecular formula is C31H37NO5S. The molecule has 202 valence electrons. The molecule has 5 rings (SSSR count). The second kappa shape index (κ2) is 12.2. The van der Waals surface area contributed by atoms with Crippen molar-refractivity contribution in [2.24, 2.45) is 5.92 Å². The molecule has 0 saturated heterocycles. The third-order valence-corrected chi connectivity index (χ3v) is 8.72. The third-order valence-electron chi connectivity index (χ3n) is 7.57. The van der Waals surface area contributed by atoms with E-state index in [0.717, 1.165) is 79.5 Å². The summed E-state index contributed by atoms with van der Waals surface area (Å²) in [4.78, 5) is 17.6. The standard InChI is InChI=1S/C31H37NO5S/c1-3-7-21-18-22(30-32-29-28(38-30)8-5-15-37-29)10-14-27(21)36-17-6-16-35-23-11-13-25-20(19-23)9-12-26(25)24(4-2)31(33)34/h10-11,13-14,18-19,24,26H,3-9,12,15-17H2,1-2H3,(H,33,34)/t24?,26-/m0/s1. The number of hydrogen-bond acceptors (Lipinski definition) is 6. The average molecular weight is 536 g/mol. The highest BCUT2D eigenvalue weighted by Crippen LogP contribution is 2.41. The number of carboxylic acids is 1. The monoisotopic (exact) mass is 535 g/mol. The van der Waals surface area contributed by atoms with Crippen LogP contribution in [-0.2, 0) is 24.1 Å². The first kappa shape index (κ1) is 26.5. The lowest BCUT2D eigenvalue weighted by molar-refractivity contribution is -0.142. The fourth-order valence-electron chi connectivity index (χ4n) is 5.65. The summed E-state index contributed by atoms with van der Waals surface area (Å²) >= 11 is 1.73. The lowest BCUT2D eigenvalue weighted by atomic mass is 9.85. The molecule has 38 heavy (non-hydrogen) atoms. The molecule has 1 aromatic heterocycles. The van der Waals surface area contributed by atoms with E-state index in [1.165, 1.54) is 21.6 Å². The van der Waals surface area contributed by atoms with Crippen LogP contribution in [0.4, 0.5) is 0 Å². The van der Waals surface area contributed by atoms with Crippen molar-refractivity contribution in [3.8, 4) is 28.0 Å². The van der Waals surface area contributed by atoms with Gasteiger partial charge in [0, 0.05) is 12.0 Å². The molecule has 2 aromatic carbocycles. The molecule has 2 heterocycles. The topological polar surface area (TPSA) is 77.9 Å². The molecule has 1 aliphatic carbocycles. The smallest absolute Gasteiger partial charge is 0.307 e. The first-order chi connectivity index (χ1) is 18.6. The number of carboxylic acid groups (broad SMARTS) is 1. The first-order valence-electron chi connectivity index (χ1n) is 13.9. The Morgan fingerprint density at radius 3 is 2.82 bits per heavy atom. The number of ether oxygens (including phenoxy) is 3. The van der Waals surface area contributed by atoms with Gasteiger partial charge < -0.3 is 19.3 Å². The molecular weight excluding hydrogens is 498 g/mol. The van der Waals surface area contributed by atoms with Gasteiger partial charge >= 0.3 is 5.97 Å². The van der Waals surface area contributed by atoms with Gasteiger partial charge in [0.25, 0.3) is 0 Å². The maximum Gasteiger partial charge on any atom is 0.307 e. The predicted molar refractivity (Wildman–Crippen MR) is 150 cm³/mol. The Morgan fingerprint density at radius 2 is 2.03 bits per heavy atom. The number of aromatic nitrogens is 1.